The van der Waals surface area contributed by atoms with E-state index in [0.29, 0.717) is 16.9 Å². The molecule has 0 aliphatic carbocycles. The quantitative estimate of drug-likeness (QED) is 0.861. The number of ether oxygens (including phenoxy) is 1. The van der Waals surface area contributed by atoms with Crippen LogP contribution in [0.5, 0.6) is 0 Å². The highest BCUT2D eigenvalue weighted by Gasteiger charge is 2.30. The van der Waals surface area contributed by atoms with E-state index in [1.165, 1.54) is 13.2 Å². The Morgan fingerprint density at radius 3 is 2.75 bits per heavy atom. The van der Waals surface area contributed by atoms with Crippen molar-refractivity contribution in [2.45, 2.75) is 12.8 Å². The molecule has 0 radical (unpaired) electrons. The zero-order chi connectivity index (χ0) is 11.8. The van der Waals surface area contributed by atoms with Gasteiger partial charge >= 0.3 is 6.18 Å². The van der Waals surface area contributed by atoms with Crippen LogP contribution in [0.3, 0.4) is 0 Å². The molecule has 1 heterocycles. The first kappa shape index (κ1) is 10.9. The van der Waals surface area contributed by atoms with Crippen molar-refractivity contribution in [3.63, 3.8) is 0 Å². The number of aromatic amines is 1. The van der Waals surface area contributed by atoms with Crippen LogP contribution < -0.4 is 0 Å². The highest BCUT2D eigenvalue weighted by molar-refractivity contribution is 5.76. The fourth-order valence-electron chi connectivity index (χ4n) is 1.44. The van der Waals surface area contributed by atoms with E-state index in [0.717, 1.165) is 12.1 Å². The molecule has 0 bridgehead atoms. The molecule has 0 spiro atoms. The molecule has 1 N–H and O–H groups in total. The third kappa shape index (κ3) is 2.01. The molecule has 6 heteroatoms. The standard InChI is InChI=1S/C10H9F3N2O/c1-16-5-9-14-7-3-2-6(10(11,12)13)4-8(7)15-9/h2-4H,5H2,1H3,(H,14,15). The number of nitrogens with zero attached hydrogens (tertiary/aromatic N) is 1. The fourth-order valence-corrected chi connectivity index (χ4v) is 1.44. The number of aromatic nitrogens is 2. The van der Waals surface area contributed by atoms with Crippen LogP contribution >= 0.6 is 0 Å². The van der Waals surface area contributed by atoms with Gasteiger partial charge in [0, 0.05) is 7.11 Å². The largest absolute Gasteiger partial charge is 0.416 e. The van der Waals surface area contributed by atoms with Gasteiger partial charge in [0.1, 0.15) is 12.4 Å². The summed E-state index contributed by atoms with van der Waals surface area (Å²) in [5.41, 5.74) is 0.176. The molecule has 0 unspecified atom stereocenters. The Morgan fingerprint density at radius 1 is 1.38 bits per heavy atom. The lowest BCUT2D eigenvalue weighted by atomic mass is 10.2. The van der Waals surface area contributed by atoms with Crippen molar-refractivity contribution in [3.8, 4) is 0 Å². The molecular formula is C10H9F3N2O. The normalized spacial score (nSPS) is 12.2. The zero-order valence-corrected chi connectivity index (χ0v) is 8.43. The molecule has 86 valence electrons. The van der Waals surface area contributed by atoms with Crippen molar-refractivity contribution in [3.05, 3.63) is 29.6 Å². The first-order valence-corrected chi connectivity index (χ1v) is 4.55. The first-order valence-electron chi connectivity index (χ1n) is 4.55. The maximum absolute atomic E-state index is 12.4. The van der Waals surface area contributed by atoms with Crippen LogP contribution in [0.2, 0.25) is 0 Å². The van der Waals surface area contributed by atoms with Gasteiger partial charge in [-0.05, 0) is 18.2 Å². The molecule has 16 heavy (non-hydrogen) atoms. The third-order valence-corrected chi connectivity index (χ3v) is 2.14. The van der Waals surface area contributed by atoms with Crippen LogP contribution in [0.25, 0.3) is 11.0 Å². The van der Waals surface area contributed by atoms with E-state index in [1.54, 1.807) is 0 Å². The van der Waals surface area contributed by atoms with Gasteiger partial charge < -0.3 is 9.72 Å². The molecule has 0 atom stereocenters. The molecule has 2 aromatic rings. The van der Waals surface area contributed by atoms with E-state index in [1.807, 2.05) is 0 Å². The van der Waals surface area contributed by atoms with Gasteiger partial charge in [-0.25, -0.2) is 4.98 Å². The Morgan fingerprint density at radius 2 is 2.12 bits per heavy atom. The SMILES string of the molecule is COCc1nc2ccc(C(F)(F)F)cc2[nH]1. The molecule has 0 saturated carbocycles. The maximum Gasteiger partial charge on any atom is 0.416 e. The number of fused-ring (bicyclic) bond motifs is 1. The van der Waals surface area contributed by atoms with Gasteiger partial charge in [-0.15, -0.1) is 0 Å². The van der Waals surface area contributed by atoms with E-state index < -0.39 is 11.7 Å². The molecule has 0 fully saturated rings. The van der Waals surface area contributed by atoms with Crippen LogP contribution in [0.1, 0.15) is 11.4 Å². The van der Waals surface area contributed by atoms with E-state index in [2.05, 4.69) is 9.97 Å². The smallest absolute Gasteiger partial charge is 0.377 e. The third-order valence-electron chi connectivity index (χ3n) is 2.14. The average Bonchev–Trinajstić information content (AvgIpc) is 2.57. The lowest BCUT2D eigenvalue weighted by Gasteiger charge is -2.05. The molecule has 2 rings (SSSR count). The Bertz CT molecular complexity index is 504. The number of benzene rings is 1. The average molecular weight is 230 g/mol. The van der Waals surface area contributed by atoms with Crippen LogP contribution in [0, 0.1) is 0 Å². The van der Waals surface area contributed by atoms with Crippen molar-refractivity contribution in [1.82, 2.24) is 9.97 Å². The molecule has 0 amide bonds. The summed E-state index contributed by atoms with van der Waals surface area (Å²) in [5, 5.41) is 0. The molecule has 0 saturated heterocycles. The van der Waals surface area contributed by atoms with Gasteiger partial charge in [0.2, 0.25) is 0 Å². The lowest BCUT2D eigenvalue weighted by Crippen LogP contribution is -2.04. The van der Waals surface area contributed by atoms with E-state index in [-0.39, 0.29) is 6.61 Å². The summed E-state index contributed by atoms with van der Waals surface area (Å²) < 4.78 is 42.1. The first-order chi connectivity index (χ1) is 7.50. The predicted molar refractivity (Wildman–Crippen MR) is 51.8 cm³/mol. The van der Waals surface area contributed by atoms with Gasteiger partial charge in [-0.1, -0.05) is 0 Å². The second-order valence-corrected chi connectivity index (χ2v) is 3.35. The number of halogens is 3. The lowest BCUT2D eigenvalue weighted by molar-refractivity contribution is -0.137. The summed E-state index contributed by atoms with van der Waals surface area (Å²) >= 11 is 0. The topological polar surface area (TPSA) is 37.9 Å². The maximum atomic E-state index is 12.4. The van der Waals surface area contributed by atoms with Crippen molar-refractivity contribution in [1.29, 1.82) is 0 Å². The number of methoxy groups -OCH3 is 1. The minimum absolute atomic E-state index is 0.246. The summed E-state index contributed by atoms with van der Waals surface area (Å²) in [5.74, 6) is 0.511. The van der Waals surface area contributed by atoms with Crippen molar-refractivity contribution in [2.75, 3.05) is 7.11 Å². The Kier molecular flexibility index (Phi) is 2.59. The van der Waals surface area contributed by atoms with Crippen molar-refractivity contribution >= 4 is 11.0 Å². The summed E-state index contributed by atoms with van der Waals surface area (Å²) in [4.78, 5) is 6.85. The highest BCUT2D eigenvalue weighted by atomic mass is 19.4. The number of hydrogen-bond donors (Lipinski definition) is 1. The van der Waals surface area contributed by atoms with E-state index in [9.17, 15) is 13.2 Å². The number of rotatable bonds is 2. The number of alkyl halides is 3. The van der Waals surface area contributed by atoms with E-state index in [4.69, 9.17) is 4.74 Å². The minimum Gasteiger partial charge on any atom is -0.377 e. The summed E-state index contributed by atoms with van der Waals surface area (Å²) in [6, 6.07) is 3.40. The fraction of sp³-hybridized carbons (Fsp3) is 0.300. The molecular weight excluding hydrogens is 221 g/mol. The van der Waals surface area contributed by atoms with Crippen molar-refractivity contribution < 1.29 is 17.9 Å². The van der Waals surface area contributed by atoms with Gasteiger partial charge in [0.05, 0.1) is 16.6 Å². The highest BCUT2D eigenvalue weighted by Crippen LogP contribution is 2.30. The van der Waals surface area contributed by atoms with Crippen molar-refractivity contribution in [2.24, 2.45) is 0 Å². The minimum atomic E-state index is -4.33. The molecule has 1 aromatic heterocycles. The Labute approximate surface area is 89.2 Å². The molecule has 1 aromatic carbocycles. The van der Waals surface area contributed by atoms with Crippen LogP contribution in [-0.4, -0.2) is 17.1 Å². The van der Waals surface area contributed by atoms with Gasteiger partial charge in [-0.3, -0.25) is 0 Å². The number of nitrogens with one attached hydrogen (secondary N) is 1. The number of imidazole rings is 1. The van der Waals surface area contributed by atoms with E-state index >= 15 is 0 Å². The Balaban J connectivity index is 2.46. The zero-order valence-electron chi connectivity index (χ0n) is 8.43. The predicted octanol–water partition coefficient (Wildman–Crippen LogP) is 2.73. The second-order valence-electron chi connectivity index (χ2n) is 3.35. The van der Waals surface area contributed by atoms with Crippen LogP contribution in [-0.2, 0) is 17.5 Å². The number of H-pyrrole nitrogens is 1. The van der Waals surface area contributed by atoms with Crippen LogP contribution in [0.15, 0.2) is 18.2 Å². The monoisotopic (exact) mass is 230 g/mol. The molecule has 0 aliphatic rings. The summed E-state index contributed by atoms with van der Waals surface area (Å²) in [6.45, 7) is 0.246. The second kappa shape index (κ2) is 3.79. The van der Waals surface area contributed by atoms with Gasteiger partial charge in [-0.2, -0.15) is 13.2 Å². The van der Waals surface area contributed by atoms with Gasteiger partial charge in [0.25, 0.3) is 0 Å². The Hall–Kier alpha value is -1.56. The number of hydrogen-bond acceptors (Lipinski definition) is 2. The van der Waals surface area contributed by atoms with Gasteiger partial charge in [0.15, 0.2) is 0 Å². The summed E-state index contributed by atoms with van der Waals surface area (Å²) in [7, 11) is 1.49. The molecule has 0 aliphatic heterocycles. The summed E-state index contributed by atoms with van der Waals surface area (Å²) in [6.07, 6.45) is -4.33. The molecule has 3 nitrogen and oxygen atoms in total. The van der Waals surface area contributed by atoms with Crippen LogP contribution in [0.4, 0.5) is 13.2 Å².